The third-order valence-corrected chi connectivity index (χ3v) is 3.36. The van der Waals surface area contributed by atoms with Gasteiger partial charge in [0.2, 0.25) is 0 Å². The summed E-state index contributed by atoms with van der Waals surface area (Å²) in [5.41, 5.74) is 8.97. The largest absolute Gasteiger partial charge is 0.497 e. The summed E-state index contributed by atoms with van der Waals surface area (Å²) in [5, 5.41) is 1.10. The van der Waals surface area contributed by atoms with Gasteiger partial charge in [0.15, 0.2) is 0 Å². The number of hydrogen-bond acceptors (Lipinski definition) is 3. The van der Waals surface area contributed by atoms with Crippen LogP contribution in [0, 0.1) is 6.92 Å². The van der Waals surface area contributed by atoms with Crippen LogP contribution in [-0.4, -0.2) is 18.6 Å². The van der Waals surface area contributed by atoms with Crippen molar-refractivity contribution < 1.29 is 4.74 Å². The Morgan fingerprint density at radius 2 is 2.00 bits per heavy atom. The first kappa shape index (κ1) is 12.8. The van der Waals surface area contributed by atoms with Crippen molar-refractivity contribution in [1.29, 1.82) is 0 Å². The van der Waals surface area contributed by atoms with Gasteiger partial charge >= 0.3 is 0 Å². The molecule has 0 saturated heterocycles. The number of ether oxygens (including phenoxy) is 1. The number of fused-ring (bicyclic) bond motifs is 1. The van der Waals surface area contributed by atoms with Crippen LogP contribution in [0.25, 0.3) is 10.9 Å². The molecule has 1 heterocycles. The molecule has 0 unspecified atom stereocenters. The van der Waals surface area contributed by atoms with Gasteiger partial charge in [-0.2, -0.15) is 0 Å². The summed E-state index contributed by atoms with van der Waals surface area (Å²) in [5.74, 6) is 0.856. The molecule has 96 valence electrons. The Morgan fingerprint density at radius 1 is 1.28 bits per heavy atom. The summed E-state index contributed by atoms with van der Waals surface area (Å²) in [6.45, 7) is 6.91. The van der Waals surface area contributed by atoms with Crippen LogP contribution in [0.4, 0.5) is 0 Å². The fraction of sp³-hybridized carbons (Fsp3) is 0.400. The van der Waals surface area contributed by atoms with Crippen molar-refractivity contribution in [2.24, 2.45) is 5.73 Å². The van der Waals surface area contributed by atoms with E-state index in [-0.39, 0.29) is 5.41 Å². The van der Waals surface area contributed by atoms with Crippen LogP contribution < -0.4 is 10.5 Å². The van der Waals surface area contributed by atoms with Crippen LogP contribution in [-0.2, 0) is 5.41 Å². The van der Waals surface area contributed by atoms with Crippen molar-refractivity contribution in [1.82, 2.24) is 4.98 Å². The van der Waals surface area contributed by atoms with E-state index in [1.807, 2.05) is 18.2 Å². The lowest BCUT2D eigenvalue weighted by atomic mass is 9.86. The van der Waals surface area contributed by atoms with E-state index in [9.17, 15) is 0 Å². The summed E-state index contributed by atoms with van der Waals surface area (Å²) in [6, 6.07) is 8.08. The van der Waals surface area contributed by atoms with Gasteiger partial charge in [0, 0.05) is 17.3 Å². The van der Waals surface area contributed by atoms with Gasteiger partial charge in [0.1, 0.15) is 5.75 Å². The predicted octanol–water partition coefficient (Wildman–Crippen LogP) is 2.79. The van der Waals surface area contributed by atoms with Gasteiger partial charge in [0.25, 0.3) is 0 Å². The lowest BCUT2D eigenvalue weighted by Gasteiger charge is -2.24. The highest BCUT2D eigenvalue weighted by Crippen LogP contribution is 2.28. The zero-order valence-electron chi connectivity index (χ0n) is 11.4. The molecule has 0 saturated carbocycles. The molecule has 3 nitrogen and oxygen atoms in total. The molecule has 2 aromatic rings. The average molecular weight is 244 g/mol. The highest BCUT2D eigenvalue weighted by atomic mass is 16.5. The van der Waals surface area contributed by atoms with E-state index < -0.39 is 0 Å². The fourth-order valence-corrected chi connectivity index (χ4v) is 2.17. The second-order valence-corrected chi connectivity index (χ2v) is 5.30. The van der Waals surface area contributed by atoms with E-state index >= 15 is 0 Å². The molecule has 2 rings (SSSR count). The molecule has 0 spiro atoms. The zero-order valence-corrected chi connectivity index (χ0v) is 11.4. The molecular formula is C15H20N2O. The molecule has 0 aliphatic carbocycles. The van der Waals surface area contributed by atoms with Gasteiger partial charge < -0.3 is 10.5 Å². The van der Waals surface area contributed by atoms with Crippen LogP contribution in [0.5, 0.6) is 5.75 Å². The molecule has 1 aromatic carbocycles. The van der Waals surface area contributed by atoms with E-state index in [0.29, 0.717) is 6.54 Å². The van der Waals surface area contributed by atoms with Crippen LogP contribution in [0.15, 0.2) is 24.3 Å². The second-order valence-electron chi connectivity index (χ2n) is 5.30. The monoisotopic (exact) mass is 244 g/mol. The number of nitrogens with two attached hydrogens (primary N) is 1. The summed E-state index contributed by atoms with van der Waals surface area (Å²) in [7, 11) is 1.67. The minimum atomic E-state index is -0.0990. The van der Waals surface area contributed by atoms with Crippen molar-refractivity contribution in [3.63, 3.8) is 0 Å². The third-order valence-electron chi connectivity index (χ3n) is 3.36. The number of nitrogens with zero attached hydrogens (tertiary/aromatic N) is 1. The average Bonchev–Trinajstić information content (AvgIpc) is 2.37. The number of hydrogen-bond donors (Lipinski definition) is 1. The summed E-state index contributed by atoms with van der Waals surface area (Å²) < 4.78 is 5.23. The molecule has 0 aliphatic heterocycles. The number of methoxy groups -OCH3 is 1. The van der Waals surface area contributed by atoms with Crippen molar-refractivity contribution in [3.8, 4) is 5.75 Å². The minimum absolute atomic E-state index is 0.0990. The Labute approximate surface area is 108 Å². The van der Waals surface area contributed by atoms with Gasteiger partial charge in [-0.05, 0) is 36.8 Å². The molecule has 0 fully saturated rings. The zero-order chi connectivity index (χ0) is 13.3. The molecule has 0 amide bonds. The van der Waals surface area contributed by atoms with Crippen LogP contribution in [0.2, 0.25) is 0 Å². The first-order valence-corrected chi connectivity index (χ1v) is 6.14. The first-order chi connectivity index (χ1) is 8.47. The van der Waals surface area contributed by atoms with Gasteiger partial charge in [-0.15, -0.1) is 0 Å². The highest BCUT2D eigenvalue weighted by molar-refractivity contribution is 5.81. The summed E-state index contributed by atoms with van der Waals surface area (Å²) >= 11 is 0. The Bertz CT molecular complexity index is 576. The fourth-order valence-electron chi connectivity index (χ4n) is 2.17. The predicted molar refractivity (Wildman–Crippen MR) is 75.1 cm³/mol. The van der Waals surface area contributed by atoms with Crippen molar-refractivity contribution in [2.45, 2.75) is 26.2 Å². The van der Waals surface area contributed by atoms with Gasteiger partial charge in [0.05, 0.1) is 18.3 Å². The van der Waals surface area contributed by atoms with Gasteiger partial charge in [-0.3, -0.25) is 4.98 Å². The SMILES string of the molecule is COc1ccc2nc(C(C)(C)CN)c(C)cc2c1. The highest BCUT2D eigenvalue weighted by Gasteiger charge is 2.22. The molecule has 2 N–H and O–H groups in total. The topological polar surface area (TPSA) is 48.1 Å². The maximum absolute atomic E-state index is 5.84. The van der Waals surface area contributed by atoms with E-state index in [4.69, 9.17) is 15.5 Å². The lowest BCUT2D eigenvalue weighted by molar-refractivity contribution is 0.415. The maximum Gasteiger partial charge on any atom is 0.119 e. The minimum Gasteiger partial charge on any atom is -0.497 e. The number of pyridine rings is 1. The molecule has 0 atom stereocenters. The standard InChI is InChI=1S/C15H20N2O/c1-10-7-11-8-12(18-4)5-6-13(11)17-14(10)15(2,3)9-16/h5-8H,9,16H2,1-4H3. The normalized spacial score (nSPS) is 11.8. The molecule has 18 heavy (non-hydrogen) atoms. The van der Waals surface area contributed by atoms with Crippen molar-refractivity contribution in [3.05, 3.63) is 35.5 Å². The second kappa shape index (κ2) is 4.58. The Morgan fingerprint density at radius 3 is 2.61 bits per heavy atom. The molecule has 1 aromatic heterocycles. The summed E-state index contributed by atoms with van der Waals surface area (Å²) in [6.07, 6.45) is 0. The molecule has 3 heteroatoms. The van der Waals surface area contributed by atoms with E-state index in [1.54, 1.807) is 7.11 Å². The van der Waals surface area contributed by atoms with E-state index in [2.05, 4.69) is 26.8 Å². The third kappa shape index (κ3) is 2.18. The molecular weight excluding hydrogens is 224 g/mol. The Balaban J connectivity index is 2.63. The van der Waals surface area contributed by atoms with Crippen LogP contribution in [0.1, 0.15) is 25.1 Å². The van der Waals surface area contributed by atoms with Crippen molar-refractivity contribution in [2.75, 3.05) is 13.7 Å². The lowest BCUT2D eigenvalue weighted by Crippen LogP contribution is -2.30. The molecule has 0 aliphatic rings. The number of rotatable bonds is 3. The molecule has 0 bridgehead atoms. The molecule has 0 radical (unpaired) electrons. The smallest absolute Gasteiger partial charge is 0.119 e. The maximum atomic E-state index is 5.84. The van der Waals surface area contributed by atoms with Crippen LogP contribution >= 0.6 is 0 Å². The van der Waals surface area contributed by atoms with Crippen LogP contribution in [0.3, 0.4) is 0 Å². The number of aryl methyl sites for hydroxylation is 1. The van der Waals surface area contributed by atoms with Gasteiger partial charge in [-0.25, -0.2) is 0 Å². The number of benzene rings is 1. The quantitative estimate of drug-likeness (QED) is 0.903. The summed E-state index contributed by atoms with van der Waals surface area (Å²) in [4.78, 5) is 4.76. The first-order valence-electron chi connectivity index (χ1n) is 6.14. The van der Waals surface area contributed by atoms with Crippen molar-refractivity contribution >= 4 is 10.9 Å². The van der Waals surface area contributed by atoms with Gasteiger partial charge in [-0.1, -0.05) is 13.8 Å². The Hall–Kier alpha value is -1.61. The van der Waals surface area contributed by atoms with E-state index in [1.165, 1.54) is 5.56 Å². The number of aromatic nitrogens is 1. The van der Waals surface area contributed by atoms with E-state index in [0.717, 1.165) is 22.3 Å². The Kier molecular flexibility index (Phi) is 3.26.